The molecule has 0 bridgehead atoms. The Balaban J connectivity index is 1.71. The van der Waals surface area contributed by atoms with Gasteiger partial charge in [0.15, 0.2) is 11.5 Å². The molecule has 2 heterocycles. The molecule has 1 unspecified atom stereocenters. The molecular formula is C24H24N4O5S. The van der Waals surface area contributed by atoms with Gasteiger partial charge in [-0.3, -0.25) is 9.88 Å². The molecule has 0 aliphatic rings. The molecule has 1 atom stereocenters. The number of rotatable bonds is 8. The summed E-state index contributed by atoms with van der Waals surface area (Å²) < 4.78 is 22.5. The third kappa shape index (κ3) is 4.40. The van der Waals surface area contributed by atoms with Crippen molar-refractivity contribution in [2.75, 3.05) is 26.2 Å². The van der Waals surface area contributed by atoms with Crippen LogP contribution in [0.15, 0.2) is 54.2 Å². The SMILES string of the molecule is COc1cc2nccc(Oc3ccc(N(C(N)=O)C(C)c4nccs4)c(OC)c3)c2cc1OC. The normalized spacial score (nSPS) is 11.6. The van der Waals surface area contributed by atoms with Gasteiger partial charge >= 0.3 is 6.03 Å². The number of anilines is 1. The Hall–Kier alpha value is -4.05. The van der Waals surface area contributed by atoms with E-state index in [4.69, 9.17) is 24.7 Å². The fraction of sp³-hybridized carbons (Fsp3) is 0.208. The minimum atomic E-state index is -0.615. The lowest BCUT2D eigenvalue weighted by molar-refractivity contribution is 0.252. The maximum absolute atomic E-state index is 12.3. The maximum atomic E-state index is 12.3. The average Bonchev–Trinajstić information content (AvgIpc) is 3.39. The van der Waals surface area contributed by atoms with Gasteiger partial charge in [-0.2, -0.15) is 0 Å². The predicted molar refractivity (Wildman–Crippen MR) is 131 cm³/mol. The molecule has 176 valence electrons. The van der Waals surface area contributed by atoms with Crippen LogP contribution in [0.3, 0.4) is 0 Å². The van der Waals surface area contributed by atoms with Gasteiger partial charge in [-0.15, -0.1) is 11.3 Å². The van der Waals surface area contributed by atoms with Crippen LogP contribution in [0.2, 0.25) is 0 Å². The van der Waals surface area contributed by atoms with E-state index >= 15 is 0 Å². The van der Waals surface area contributed by atoms with Crippen LogP contribution in [0.1, 0.15) is 18.0 Å². The molecule has 2 aromatic carbocycles. The molecule has 4 aromatic rings. The number of primary amides is 1. The molecule has 10 heteroatoms. The van der Waals surface area contributed by atoms with Crippen LogP contribution in [-0.2, 0) is 0 Å². The van der Waals surface area contributed by atoms with Crippen molar-refractivity contribution in [2.24, 2.45) is 5.73 Å². The third-order valence-corrected chi connectivity index (χ3v) is 6.22. The molecule has 0 aliphatic heterocycles. The number of thiazole rings is 1. The minimum absolute atomic E-state index is 0.371. The number of amides is 2. The first kappa shape index (κ1) is 23.1. The summed E-state index contributed by atoms with van der Waals surface area (Å²) >= 11 is 1.45. The van der Waals surface area contributed by atoms with Gasteiger partial charge in [-0.25, -0.2) is 9.78 Å². The number of hydrogen-bond acceptors (Lipinski definition) is 8. The summed E-state index contributed by atoms with van der Waals surface area (Å²) in [5.74, 6) is 2.65. The van der Waals surface area contributed by atoms with E-state index in [1.165, 1.54) is 23.3 Å². The van der Waals surface area contributed by atoms with Crippen LogP contribution in [-0.4, -0.2) is 37.3 Å². The Labute approximate surface area is 200 Å². The molecule has 2 amide bonds. The quantitative estimate of drug-likeness (QED) is 0.371. The second-order valence-electron chi connectivity index (χ2n) is 7.22. The van der Waals surface area contributed by atoms with Crippen molar-refractivity contribution in [3.8, 4) is 28.7 Å². The van der Waals surface area contributed by atoms with Crippen LogP contribution < -0.4 is 29.6 Å². The lowest BCUT2D eigenvalue weighted by Crippen LogP contribution is -2.38. The van der Waals surface area contributed by atoms with Crippen molar-refractivity contribution < 1.29 is 23.7 Å². The number of nitrogens with zero attached hydrogens (tertiary/aromatic N) is 3. The molecule has 2 aromatic heterocycles. The van der Waals surface area contributed by atoms with Gasteiger partial charge < -0.3 is 24.7 Å². The van der Waals surface area contributed by atoms with E-state index < -0.39 is 6.03 Å². The first-order chi connectivity index (χ1) is 16.5. The van der Waals surface area contributed by atoms with Gasteiger partial charge in [0, 0.05) is 35.3 Å². The average molecular weight is 481 g/mol. The molecule has 0 fully saturated rings. The van der Waals surface area contributed by atoms with Gasteiger partial charge in [0.2, 0.25) is 0 Å². The molecule has 0 saturated heterocycles. The Bertz CT molecular complexity index is 1310. The third-order valence-electron chi connectivity index (χ3n) is 5.28. The monoisotopic (exact) mass is 480 g/mol. The van der Waals surface area contributed by atoms with Crippen LogP contribution in [0, 0.1) is 0 Å². The lowest BCUT2D eigenvalue weighted by Gasteiger charge is -2.27. The largest absolute Gasteiger partial charge is 0.494 e. The summed E-state index contributed by atoms with van der Waals surface area (Å²) in [6, 6.07) is 9.55. The van der Waals surface area contributed by atoms with E-state index in [0.29, 0.717) is 40.0 Å². The van der Waals surface area contributed by atoms with Crippen molar-refractivity contribution in [3.05, 3.63) is 59.2 Å². The summed E-state index contributed by atoms with van der Waals surface area (Å²) in [7, 11) is 4.67. The number of urea groups is 1. The van der Waals surface area contributed by atoms with Crippen molar-refractivity contribution in [1.82, 2.24) is 9.97 Å². The first-order valence-corrected chi connectivity index (χ1v) is 11.2. The number of carbonyl (C=O) groups is 1. The number of pyridine rings is 1. The zero-order valence-electron chi connectivity index (χ0n) is 19.1. The lowest BCUT2D eigenvalue weighted by atomic mass is 10.1. The van der Waals surface area contributed by atoms with Gasteiger partial charge in [-0.1, -0.05) is 0 Å². The molecular weight excluding hydrogens is 456 g/mol. The Kier molecular flexibility index (Phi) is 6.69. The van der Waals surface area contributed by atoms with Crippen molar-refractivity contribution in [3.63, 3.8) is 0 Å². The number of nitrogens with two attached hydrogens (primary N) is 1. The molecule has 9 nitrogen and oxygen atoms in total. The highest BCUT2D eigenvalue weighted by atomic mass is 32.1. The molecule has 2 N–H and O–H groups in total. The molecule has 0 aliphatic carbocycles. The van der Waals surface area contributed by atoms with Crippen molar-refractivity contribution in [1.29, 1.82) is 0 Å². The van der Waals surface area contributed by atoms with Crippen LogP contribution >= 0.6 is 11.3 Å². The highest BCUT2D eigenvalue weighted by molar-refractivity contribution is 7.09. The number of fused-ring (bicyclic) bond motifs is 1. The van der Waals surface area contributed by atoms with E-state index in [-0.39, 0.29) is 6.04 Å². The summed E-state index contributed by atoms with van der Waals surface area (Å²) in [6.45, 7) is 1.86. The Morgan fingerprint density at radius 2 is 1.68 bits per heavy atom. The highest BCUT2D eigenvalue weighted by Gasteiger charge is 2.26. The zero-order valence-corrected chi connectivity index (χ0v) is 20.0. The van der Waals surface area contributed by atoms with Gasteiger partial charge in [0.05, 0.1) is 38.6 Å². The van der Waals surface area contributed by atoms with E-state index in [1.54, 1.807) is 56.9 Å². The fourth-order valence-electron chi connectivity index (χ4n) is 3.65. The van der Waals surface area contributed by atoms with Crippen molar-refractivity contribution >= 4 is 34.0 Å². The minimum Gasteiger partial charge on any atom is -0.494 e. The van der Waals surface area contributed by atoms with E-state index in [0.717, 1.165) is 10.4 Å². The van der Waals surface area contributed by atoms with Gasteiger partial charge in [-0.05, 0) is 31.2 Å². The van der Waals surface area contributed by atoms with Crippen LogP contribution in [0.4, 0.5) is 10.5 Å². The topological polar surface area (TPSA) is 109 Å². The molecule has 0 spiro atoms. The second-order valence-corrected chi connectivity index (χ2v) is 8.15. The summed E-state index contributed by atoms with van der Waals surface area (Å²) in [5, 5.41) is 3.36. The van der Waals surface area contributed by atoms with E-state index in [1.807, 2.05) is 18.4 Å². The predicted octanol–water partition coefficient (Wildman–Crippen LogP) is 5.16. The highest BCUT2D eigenvalue weighted by Crippen LogP contribution is 2.40. The van der Waals surface area contributed by atoms with E-state index in [2.05, 4.69) is 9.97 Å². The second kappa shape index (κ2) is 9.84. The fourth-order valence-corrected chi connectivity index (χ4v) is 4.34. The number of ether oxygens (including phenoxy) is 4. The van der Waals surface area contributed by atoms with Crippen LogP contribution in [0.25, 0.3) is 10.9 Å². The van der Waals surface area contributed by atoms with Crippen LogP contribution in [0.5, 0.6) is 28.7 Å². The summed E-state index contributed by atoms with van der Waals surface area (Å²) in [6.07, 6.45) is 3.34. The maximum Gasteiger partial charge on any atom is 0.320 e. The number of benzene rings is 2. The van der Waals surface area contributed by atoms with Crippen molar-refractivity contribution in [2.45, 2.75) is 13.0 Å². The summed E-state index contributed by atoms with van der Waals surface area (Å²) in [4.78, 5) is 22.5. The molecule has 0 radical (unpaired) electrons. The van der Waals surface area contributed by atoms with E-state index in [9.17, 15) is 4.79 Å². The zero-order chi connectivity index (χ0) is 24.2. The number of carbonyl (C=O) groups excluding carboxylic acids is 1. The summed E-state index contributed by atoms with van der Waals surface area (Å²) in [5.41, 5.74) is 6.92. The number of methoxy groups -OCH3 is 3. The Morgan fingerprint density at radius 3 is 2.32 bits per heavy atom. The van der Waals surface area contributed by atoms with Gasteiger partial charge in [0.1, 0.15) is 22.3 Å². The number of hydrogen-bond donors (Lipinski definition) is 1. The standard InChI is InChI=1S/C24H24N4O5S/c1-14(23-27-9-10-34-23)28(24(25)29)18-6-5-15(11-20(18)30-2)33-19-7-8-26-17-13-22(32-4)21(31-3)12-16(17)19/h5-14H,1-4H3,(H2,25,29). The Morgan fingerprint density at radius 1 is 0.941 bits per heavy atom. The molecule has 0 saturated carbocycles. The number of aromatic nitrogens is 2. The molecule has 4 rings (SSSR count). The molecule has 34 heavy (non-hydrogen) atoms. The smallest absolute Gasteiger partial charge is 0.320 e. The van der Waals surface area contributed by atoms with Gasteiger partial charge in [0.25, 0.3) is 0 Å². The first-order valence-electron chi connectivity index (χ1n) is 10.3.